The van der Waals surface area contributed by atoms with Crippen LogP contribution in [0.15, 0.2) is 12.2 Å². The maximum absolute atomic E-state index is 11.3. The monoisotopic (exact) mass is 198 g/mol. The third-order valence-corrected chi connectivity index (χ3v) is 2.83. The van der Waals surface area contributed by atoms with Gasteiger partial charge in [-0.2, -0.15) is 0 Å². The lowest BCUT2D eigenvalue weighted by molar-refractivity contribution is -0.176. The highest BCUT2D eigenvalue weighted by atomic mass is 16.5. The molecule has 0 aromatic heterocycles. The predicted octanol–water partition coefficient (Wildman–Crippen LogP) is 1.51. The minimum Gasteiger partial charge on any atom is -0.461 e. The number of hydrogen-bond donors (Lipinski definition) is 1. The van der Waals surface area contributed by atoms with Gasteiger partial charge < -0.3 is 9.84 Å². The molecule has 3 nitrogen and oxygen atoms in total. The first-order valence-corrected chi connectivity index (χ1v) is 4.96. The zero-order valence-corrected chi connectivity index (χ0v) is 8.99. The molecule has 1 unspecified atom stereocenters. The van der Waals surface area contributed by atoms with Gasteiger partial charge in [-0.25, -0.2) is 0 Å². The molecule has 0 aliphatic carbocycles. The van der Waals surface area contributed by atoms with Crippen molar-refractivity contribution in [2.75, 3.05) is 0 Å². The molecular weight excluding hydrogens is 180 g/mol. The van der Waals surface area contributed by atoms with Crippen LogP contribution < -0.4 is 0 Å². The SMILES string of the molecule is C=C(C)CC1OC(=O)[C@H](C)[C@@H](O)[C@H]1C. The Hall–Kier alpha value is -0.830. The van der Waals surface area contributed by atoms with Crippen molar-refractivity contribution in [3.63, 3.8) is 0 Å². The number of carbonyl (C=O) groups is 1. The lowest BCUT2D eigenvalue weighted by Crippen LogP contribution is -2.46. The second-order valence-electron chi connectivity index (χ2n) is 4.27. The Balaban J connectivity index is 2.70. The molecule has 0 saturated carbocycles. The molecule has 0 radical (unpaired) electrons. The number of hydrogen-bond acceptors (Lipinski definition) is 3. The van der Waals surface area contributed by atoms with Crippen molar-refractivity contribution in [1.82, 2.24) is 0 Å². The molecule has 1 aliphatic heterocycles. The molecule has 1 heterocycles. The summed E-state index contributed by atoms with van der Waals surface area (Å²) >= 11 is 0. The Bertz CT molecular complexity index is 247. The molecule has 14 heavy (non-hydrogen) atoms. The summed E-state index contributed by atoms with van der Waals surface area (Å²) in [4.78, 5) is 11.3. The maximum atomic E-state index is 11.3. The second kappa shape index (κ2) is 4.13. The fourth-order valence-corrected chi connectivity index (χ4v) is 1.75. The van der Waals surface area contributed by atoms with Crippen LogP contribution in [0.1, 0.15) is 27.2 Å². The Kier molecular flexibility index (Phi) is 3.32. The molecule has 0 bridgehead atoms. The summed E-state index contributed by atoms with van der Waals surface area (Å²) < 4.78 is 5.23. The van der Waals surface area contributed by atoms with Crippen LogP contribution in [-0.2, 0) is 9.53 Å². The largest absolute Gasteiger partial charge is 0.461 e. The topological polar surface area (TPSA) is 46.5 Å². The van der Waals surface area contributed by atoms with E-state index >= 15 is 0 Å². The number of aliphatic hydroxyl groups is 1. The maximum Gasteiger partial charge on any atom is 0.311 e. The zero-order chi connectivity index (χ0) is 10.9. The molecule has 1 fully saturated rings. The smallest absolute Gasteiger partial charge is 0.311 e. The lowest BCUT2D eigenvalue weighted by atomic mass is 9.84. The summed E-state index contributed by atoms with van der Waals surface area (Å²) in [6, 6.07) is 0. The van der Waals surface area contributed by atoms with Gasteiger partial charge in [-0.05, 0) is 13.8 Å². The molecule has 0 aromatic carbocycles. The van der Waals surface area contributed by atoms with E-state index < -0.39 is 12.0 Å². The van der Waals surface area contributed by atoms with Gasteiger partial charge in [0.05, 0.1) is 12.0 Å². The summed E-state index contributed by atoms with van der Waals surface area (Å²) in [6.45, 7) is 9.27. The van der Waals surface area contributed by atoms with Gasteiger partial charge in [-0.1, -0.05) is 12.5 Å². The summed E-state index contributed by atoms with van der Waals surface area (Å²) in [5, 5.41) is 9.77. The summed E-state index contributed by atoms with van der Waals surface area (Å²) in [5.74, 6) is -0.729. The molecule has 0 amide bonds. The van der Waals surface area contributed by atoms with Gasteiger partial charge in [-0.3, -0.25) is 4.79 Å². The van der Waals surface area contributed by atoms with Crippen LogP contribution >= 0.6 is 0 Å². The van der Waals surface area contributed by atoms with Crippen molar-refractivity contribution in [3.8, 4) is 0 Å². The molecule has 80 valence electrons. The quantitative estimate of drug-likeness (QED) is 0.540. The normalized spacial score (nSPS) is 37.9. The van der Waals surface area contributed by atoms with Gasteiger partial charge >= 0.3 is 5.97 Å². The lowest BCUT2D eigenvalue weighted by Gasteiger charge is -2.36. The van der Waals surface area contributed by atoms with Gasteiger partial charge in [0.1, 0.15) is 6.10 Å². The van der Waals surface area contributed by atoms with Crippen molar-refractivity contribution in [1.29, 1.82) is 0 Å². The van der Waals surface area contributed by atoms with Crippen molar-refractivity contribution >= 4 is 5.97 Å². The molecule has 4 atom stereocenters. The van der Waals surface area contributed by atoms with Gasteiger partial charge in [0.2, 0.25) is 0 Å². The summed E-state index contributed by atoms with van der Waals surface area (Å²) in [7, 11) is 0. The number of esters is 1. The highest BCUT2D eigenvalue weighted by Gasteiger charge is 2.39. The predicted molar refractivity (Wildman–Crippen MR) is 53.6 cm³/mol. The van der Waals surface area contributed by atoms with E-state index in [1.165, 1.54) is 0 Å². The van der Waals surface area contributed by atoms with Crippen LogP contribution in [0.4, 0.5) is 0 Å². The van der Waals surface area contributed by atoms with E-state index in [-0.39, 0.29) is 18.0 Å². The van der Waals surface area contributed by atoms with E-state index in [4.69, 9.17) is 4.74 Å². The Morgan fingerprint density at radius 1 is 1.57 bits per heavy atom. The highest BCUT2D eigenvalue weighted by Crippen LogP contribution is 2.29. The number of aliphatic hydroxyl groups excluding tert-OH is 1. The van der Waals surface area contributed by atoms with E-state index in [9.17, 15) is 9.90 Å². The van der Waals surface area contributed by atoms with Crippen LogP contribution in [0.25, 0.3) is 0 Å². The molecule has 1 rings (SSSR count). The molecule has 3 heteroatoms. The Morgan fingerprint density at radius 3 is 2.64 bits per heavy atom. The van der Waals surface area contributed by atoms with Crippen molar-refractivity contribution in [2.24, 2.45) is 11.8 Å². The van der Waals surface area contributed by atoms with E-state index in [2.05, 4.69) is 6.58 Å². The number of cyclic esters (lactones) is 1. The zero-order valence-electron chi connectivity index (χ0n) is 8.99. The first-order chi connectivity index (χ1) is 6.43. The average Bonchev–Trinajstić information content (AvgIpc) is 2.10. The Morgan fingerprint density at radius 2 is 2.14 bits per heavy atom. The first-order valence-electron chi connectivity index (χ1n) is 4.96. The molecular formula is C11H18O3. The van der Waals surface area contributed by atoms with Crippen LogP contribution in [-0.4, -0.2) is 23.3 Å². The van der Waals surface area contributed by atoms with Gasteiger partial charge in [-0.15, -0.1) is 6.58 Å². The minimum atomic E-state index is -0.597. The third-order valence-electron chi connectivity index (χ3n) is 2.83. The molecule has 1 saturated heterocycles. The van der Waals surface area contributed by atoms with Gasteiger partial charge in [0.15, 0.2) is 0 Å². The fraction of sp³-hybridized carbons (Fsp3) is 0.727. The fourth-order valence-electron chi connectivity index (χ4n) is 1.75. The standard InChI is InChI=1S/C11H18O3/c1-6(2)5-9-7(3)10(12)8(4)11(13)14-9/h7-10,12H,1,5H2,2-4H3/t7-,8+,9?,10-/m0/s1. The van der Waals surface area contributed by atoms with Crippen molar-refractivity contribution in [3.05, 3.63) is 12.2 Å². The first kappa shape index (κ1) is 11.2. The van der Waals surface area contributed by atoms with E-state index in [1.807, 2.05) is 13.8 Å². The molecule has 0 spiro atoms. The second-order valence-corrected chi connectivity index (χ2v) is 4.27. The molecule has 0 aromatic rings. The third kappa shape index (κ3) is 2.15. The highest BCUT2D eigenvalue weighted by molar-refractivity contribution is 5.73. The number of ether oxygens (including phenoxy) is 1. The van der Waals surface area contributed by atoms with Crippen molar-refractivity contribution < 1.29 is 14.6 Å². The van der Waals surface area contributed by atoms with Crippen LogP contribution in [0.3, 0.4) is 0 Å². The Labute approximate surface area is 84.8 Å². The van der Waals surface area contributed by atoms with Gasteiger partial charge in [0, 0.05) is 12.3 Å². The molecule has 1 N–H and O–H groups in total. The van der Waals surface area contributed by atoms with Crippen molar-refractivity contribution in [2.45, 2.75) is 39.4 Å². The van der Waals surface area contributed by atoms with E-state index in [0.29, 0.717) is 6.42 Å². The van der Waals surface area contributed by atoms with E-state index in [1.54, 1.807) is 6.92 Å². The van der Waals surface area contributed by atoms with Crippen LogP contribution in [0, 0.1) is 11.8 Å². The van der Waals surface area contributed by atoms with Gasteiger partial charge in [0.25, 0.3) is 0 Å². The minimum absolute atomic E-state index is 0.0144. The summed E-state index contributed by atoms with van der Waals surface area (Å²) in [6.07, 6.45) is -0.178. The summed E-state index contributed by atoms with van der Waals surface area (Å²) in [5.41, 5.74) is 0.969. The molecule has 1 aliphatic rings. The van der Waals surface area contributed by atoms with Crippen LogP contribution in [0.2, 0.25) is 0 Å². The van der Waals surface area contributed by atoms with E-state index in [0.717, 1.165) is 5.57 Å². The average molecular weight is 198 g/mol. The number of rotatable bonds is 2. The number of carbonyl (C=O) groups excluding carboxylic acids is 1. The van der Waals surface area contributed by atoms with Crippen LogP contribution in [0.5, 0.6) is 0 Å².